The molecule has 0 saturated heterocycles. The number of amides is 1. The lowest BCUT2D eigenvalue weighted by molar-refractivity contribution is -0.153. The molecule has 6 nitrogen and oxygen atoms in total. The number of rotatable bonds is 2. The van der Waals surface area contributed by atoms with E-state index in [1.807, 2.05) is 0 Å². The van der Waals surface area contributed by atoms with E-state index in [1.54, 1.807) is 0 Å². The lowest BCUT2D eigenvalue weighted by Gasteiger charge is -2.16. The van der Waals surface area contributed by atoms with Crippen LogP contribution in [0.1, 0.15) is 20.8 Å². The molecule has 0 aromatic rings. The van der Waals surface area contributed by atoms with E-state index in [-0.39, 0.29) is 0 Å². The highest BCUT2D eigenvalue weighted by atomic mass is 16.6. The quantitative estimate of drug-likeness (QED) is 0.486. The molecule has 0 heterocycles. The number of nitrogens with zero attached hydrogens (tertiary/aromatic N) is 2. The number of azo groups is 1. The minimum absolute atomic E-state index is 0.492. The highest BCUT2D eigenvalue weighted by molar-refractivity contribution is 5.67. The first kappa shape index (κ1) is 11.5. The van der Waals surface area contributed by atoms with Gasteiger partial charge in [-0.25, -0.2) is 4.79 Å². The van der Waals surface area contributed by atoms with Crippen LogP contribution in [-0.4, -0.2) is 24.9 Å². The highest BCUT2D eigenvalue weighted by Crippen LogP contribution is 2.11. The van der Waals surface area contributed by atoms with Crippen molar-refractivity contribution in [3.8, 4) is 0 Å². The third-order valence-electron chi connectivity index (χ3n) is 0.941. The summed E-state index contributed by atoms with van der Waals surface area (Å²) in [7, 11) is 1.18. The van der Waals surface area contributed by atoms with Crippen LogP contribution in [-0.2, 0) is 14.3 Å². The van der Waals surface area contributed by atoms with Crippen molar-refractivity contribution in [2.45, 2.75) is 26.5 Å². The summed E-state index contributed by atoms with van der Waals surface area (Å²) in [6.45, 7) is 4.25. The van der Waals surface area contributed by atoms with Gasteiger partial charge in [0.1, 0.15) is 0 Å². The van der Waals surface area contributed by atoms with Gasteiger partial charge in [-0.05, 0) is 13.8 Å². The number of carbonyl (C=O) groups excluding carboxylic acids is 2. The van der Waals surface area contributed by atoms with Gasteiger partial charge in [-0.1, -0.05) is 5.11 Å². The van der Waals surface area contributed by atoms with E-state index in [0.717, 1.165) is 0 Å². The monoisotopic (exact) mass is 188 g/mol. The van der Waals surface area contributed by atoms with Gasteiger partial charge in [-0.15, -0.1) is 5.11 Å². The van der Waals surface area contributed by atoms with Crippen LogP contribution in [0.15, 0.2) is 10.2 Å². The molecular weight excluding hydrogens is 176 g/mol. The molecule has 0 radical (unpaired) electrons. The summed E-state index contributed by atoms with van der Waals surface area (Å²) in [6.07, 6.45) is -0.833. The fourth-order valence-electron chi connectivity index (χ4n) is 0.574. The van der Waals surface area contributed by atoms with Gasteiger partial charge in [0.15, 0.2) is 0 Å². The fourth-order valence-corrected chi connectivity index (χ4v) is 0.574. The number of carbonyl (C=O) groups is 2. The molecule has 0 N–H and O–H groups in total. The van der Waals surface area contributed by atoms with Crippen LogP contribution >= 0.6 is 0 Å². The van der Waals surface area contributed by atoms with Crippen molar-refractivity contribution in [3.63, 3.8) is 0 Å². The number of esters is 1. The zero-order valence-corrected chi connectivity index (χ0v) is 8.03. The molecule has 0 aliphatic rings. The van der Waals surface area contributed by atoms with Crippen LogP contribution < -0.4 is 0 Å². The van der Waals surface area contributed by atoms with Crippen molar-refractivity contribution in [1.82, 2.24) is 0 Å². The average Bonchev–Trinajstić information content (AvgIpc) is 1.98. The lowest BCUT2D eigenvalue weighted by Crippen LogP contribution is -2.24. The first-order chi connectivity index (χ1) is 5.87. The van der Waals surface area contributed by atoms with Crippen LogP contribution in [0.3, 0.4) is 0 Å². The fraction of sp³-hybridized carbons (Fsp3) is 0.714. The van der Waals surface area contributed by atoms with Gasteiger partial charge in [0.05, 0.1) is 7.11 Å². The minimum Gasteiger partial charge on any atom is -0.450 e. The molecule has 0 rings (SSSR count). The van der Waals surface area contributed by atoms with Gasteiger partial charge < -0.3 is 9.47 Å². The molecule has 13 heavy (non-hydrogen) atoms. The molecule has 0 atom stereocenters. The Bertz CT molecular complexity index is 235. The summed E-state index contributed by atoms with van der Waals surface area (Å²) in [4.78, 5) is 21.1. The summed E-state index contributed by atoms with van der Waals surface area (Å²) in [5.74, 6) is -0.492. The van der Waals surface area contributed by atoms with E-state index in [0.29, 0.717) is 0 Å². The molecule has 0 aliphatic carbocycles. The topological polar surface area (TPSA) is 77.3 Å². The predicted molar refractivity (Wildman–Crippen MR) is 43.1 cm³/mol. The molecular formula is C7H12N2O4. The third-order valence-corrected chi connectivity index (χ3v) is 0.941. The standard InChI is InChI=1S/C7H12N2O4/c1-5(10)13-7(2,3)9-8-6(11)12-4/h1-4H3/b9-8+. The van der Waals surface area contributed by atoms with Gasteiger partial charge >= 0.3 is 12.1 Å². The lowest BCUT2D eigenvalue weighted by atomic mass is 10.3. The maximum absolute atomic E-state index is 10.5. The molecule has 0 spiro atoms. The van der Waals surface area contributed by atoms with Crippen molar-refractivity contribution >= 4 is 12.1 Å². The zero-order valence-electron chi connectivity index (χ0n) is 8.03. The van der Waals surface area contributed by atoms with Crippen molar-refractivity contribution in [2.75, 3.05) is 7.11 Å². The second-order valence-electron chi connectivity index (χ2n) is 2.71. The van der Waals surface area contributed by atoms with Crippen LogP contribution in [0.4, 0.5) is 4.79 Å². The maximum Gasteiger partial charge on any atom is 0.451 e. The number of methoxy groups -OCH3 is 1. The number of hydrogen-bond acceptors (Lipinski definition) is 5. The van der Waals surface area contributed by atoms with Crippen LogP contribution in [0.25, 0.3) is 0 Å². The molecule has 0 aromatic carbocycles. The average molecular weight is 188 g/mol. The summed E-state index contributed by atoms with van der Waals surface area (Å²) in [6, 6.07) is 0. The second-order valence-corrected chi connectivity index (χ2v) is 2.71. The Hall–Kier alpha value is -1.46. The second kappa shape index (κ2) is 4.54. The maximum atomic E-state index is 10.5. The van der Waals surface area contributed by atoms with Crippen LogP contribution in [0.5, 0.6) is 0 Å². The summed E-state index contributed by atoms with van der Waals surface area (Å²) >= 11 is 0. The molecule has 0 saturated carbocycles. The minimum atomic E-state index is -1.14. The molecule has 0 unspecified atom stereocenters. The zero-order chi connectivity index (χ0) is 10.5. The van der Waals surface area contributed by atoms with Crippen LogP contribution in [0.2, 0.25) is 0 Å². The van der Waals surface area contributed by atoms with Gasteiger partial charge in [0.25, 0.3) is 0 Å². The SMILES string of the molecule is COC(=O)/N=N/C(C)(C)OC(C)=O. The van der Waals surface area contributed by atoms with Crippen LogP contribution in [0, 0.1) is 0 Å². The van der Waals surface area contributed by atoms with E-state index in [9.17, 15) is 9.59 Å². The Kier molecular flexibility index (Phi) is 4.03. The van der Waals surface area contributed by atoms with E-state index < -0.39 is 17.8 Å². The predicted octanol–water partition coefficient (Wildman–Crippen LogP) is 1.50. The first-order valence-corrected chi connectivity index (χ1v) is 3.58. The largest absolute Gasteiger partial charge is 0.451 e. The van der Waals surface area contributed by atoms with E-state index in [1.165, 1.54) is 27.9 Å². The van der Waals surface area contributed by atoms with E-state index >= 15 is 0 Å². The Morgan fingerprint density at radius 3 is 2.23 bits per heavy atom. The summed E-state index contributed by atoms with van der Waals surface area (Å²) < 4.78 is 8.94. The smallest absolute Gasteiger partial charge is 0.450 e. The van der Waals surface area contributed by atoms with E-state index in [2.05, 4.69) is 15.0 Å². The van der Waals surface area contributed by atoms with Gasteiger partial charge in [0.2, 0.25) is 5.72 Å². The molecule has 6 heteroatoms. The Morgan fingerprint density at radius 2 is 1.85 bits per heavy atom. The molecule has 74 valence electrons. The molecule has 0 aliphatic heterocycles. The molecule has 0 aromatic heterocycles. The van der Waals surface area contributed by atoms with E-state index in [4.69, 9.17) is 4.74 Å². The van der Waals surface area contributed by atoms with Crippen molar-refractivity contribution < 1.29 is 19.1 Å². The Morgan fingerprint density at radius 1 is 1.31 bits per heavy atom. The Balaban J connectivity index is 4.23. The summed E-state index contributed by atoms with van der Waals surface area (Å²) in [5.41, 5.74) is -1.14. The third kappa shape index (κ3) is 5.77. The molecule has 0 fully saturated rings. The van der Waals surface area contributed by atoms with Gasteiger partial charge in [0, 0.05) is 6.92 Å². The molecule has 1 amide bonds. The van der Waals surface area contributed by atoms with Crippen molar-refractivity contribution in [3.05, 3.63) is 0 Å². The Labute approximate surface area is 75.9 Å². The summed E-state index contributed by atoms with van der Waals surface area (Å²) in [5, 5.41) is 6.63. The van der Waals surface area contributed by atoms with Crippen molar-refractivity contribution in [1.29, 1.82) is 0 Å². The number of ether oxygens (including phenoxy) is 2. The first-order valence-electron chi connectivity index (χ1n) is 3.58. The number of hydrogen-bond donors (Lipinski definition) is 0. The van der Waals surface area contributed by atoms with Gasteiger partial charge in [-0.3, -0.25) is 4.79 Å². The highest BCUT2D eigenvalue weighted by Gasteiger charge is 2.20. The molecule has 0 bridgehead atoms. The normalized spacial score (nSPS) is 11.4. The van der Waals surface area contributed by atoms with Crippen molar-refractivity contribution in [2.24, 2.45) is 10.2 Å². The van der Waals surface area contributed by atoms with Gasteiger partial charge in [-0.2, -0.15) is 0 Å².